The average molecular weight is 484 g/mol. The predicted molar refractivity (Wildman–Crippen MR) is 124 cm³/mol. The number of aromatic nitrogens is 2. The fraction of sp³-hybridized carbons (Fsp3) is 0.0417. The Kier molecular flexibility index (Phi) is 6.93. The van der Waals surface area contributed by atoms with Crippen LogP contribution in [0, 0.1) is 17.5 Å². The van der Waals surface area contributed by atoms with Crippen LogP contribution in [0.3, 0.4) is 0 Å². The number of amides is 1. The quantitative estimate of drug-likeness (QED) is 0.257. The predicted octanol–water partition coefficient (Wildman–Crippen LogP) is 5.55. The van der Waals surface area contributed by atoms with E-state index in [1.54, 1.807) is 18.2 Å². The summed E-state index contributed by atoms with van der Waals surface area (Å²) in [5.41, 5.74) is 1.90. The van der Waals surface area contributed by atoms with Crippen molar-refractivity contribution in [3.8, 4) is 11.3 Å². The molecule has 1 aromatic heterocycles. The third-order valence-corrected chi connectivity index (χ3v) is 5.07. The second kappa shape index (κ2) is 10.2. The zero-order valence-electron chi connectivity index (χ0n) is 17.4. The molecule has 4 aromatic rings. The minimum atomic E-state index is -0.606. The number of hydrogen-bond donors (Lipinski definition) is 3. The molecule has 0 bridgehead atoms. The molecule has 34 heavy (non-hydrogen) atoms. The molecule has 10 heteroatoms. The topological polar surface area (TPSA) is 82.2 Å². The Morgan fingerprint density at radius 3 is 2.41 bits per heavy atom. The maximum absolute atomic E-state index is 13.5. The Morgan fingerprint density at radius 1 is 0.941 bits per heavy atom. The second-order valence-electron chi connectivity index (χ2n) is 7.16. The zero-order valence-corrected chi connectivity index (χ0v) is 18.2. The number of rotatable bonds is 5. The van der Waals surface area contributed by atoms with Crippen LogP contribution in [0.25, 0.3) is 11.3 Å². The van der Waals surface area contributed by atoms with E-state index in [0.29, 0.717) is 22.6 Å². The van der Waals surface area contributed by atoms with Crippen molar-refractivity contribution in [2.45, 2.75) is 6.54 Å². The summed E-state index contributed by atoms with van der Waals surface area (Å²) in [5, 5.41) is 12.6. The molecule has 3 N–H and O–H groups in total. The van der Waals surface area contributed by atoms with E-state index < -0.39 is 17.5 Å². The van der Waals surface area contributed by atoms with Gasteiger partial charge in [0.2, 0.25) is 5.96 Å². The van der Waals surface area contributed by atoms with Crippen LogP contribution >= 0.6 is 11.6 Å². The van der Waals surface area contributed by atoms with E-state index in [-0.39, 0.29) is 28.9 Å². The first kappa shape index (κ1) is 23.1. The Bertz CT molecular complexity index is 1350. The normalized spacial score (nSPS) is 11.4. The van der Waals surface area contributed by atoms with Crippen LogP contribution in [0.15, 0.2) is 77.8 Å². The molecule has 0 unspecified atom stereocenters. The largest absolute Gasteiger partial charge is 0.309 e. The lowest BCUT2D eigenvalue weighted by atomic mass is 10.1. The number of carbonyl (C=O) groups excluding carboxylic acids is 1. The number of halogens is 4. The van der Waals surface area contributed by atoms with Gasteiger partial charge in [-0.05, 0) is 65.7 Å². The van der Waals surface area contributed by atoms with Gasteiger partial charge >= 0.3 is 0 Å². The highest BCUT2D eigenvalue weighted by Crippen LogP contribution is 2.21. The summed E-state index contributed by atoms with van der Waals surface area (Å²) in [6.45, 7) is 0.0140. The van der Waals surface area contributed by atoms with Crippen molar-refractivity contribution in [3.05, 3.63) is 106 Å². The van der Waals surface area contributed by atoms with Gasteiger partial charge in [-0.15, -0.1) is 0 Å². The molecule has 0 spiro atoms. The van der Waals surface area contributed by atoms with Crippen LogP contribution in [0.1, 0.15) is 15.9 Å². The Balaban J connectivity index is 1.57. The van der Waals surface area contributed by atoms with Gasteiger partial charge in [0.05, 0.1) is 12.2 Å². The van der Waals surface area contributed by atoms with E-state index in [4.69, 9.17) is 11.6 Å². The van der Waals surface area contributed by atoms with Gasteiger partial charge < -0.3 is 5.32 Å². The lowest BCUT2D eigenvalue weighted by molar-refractivity contribution is 0.0976. The summed E-state index contributed by atoms with van der Waals surface area (Å²) in [6, 6.07) is 16.5. The van der Waals surface area contributed by atoms with Crippen molar-refractivity contribution in [1.29, 1.82) is 0 Å². The van der Waals surface area contributed by atoms with Gasteiger partial charge in [0.15, 0.2) is 5.82 Å². The molecule has 1 amide bonds. The highest BCUT2D eigenvalue weighted by molar-refractivity contribution is 6.31. The molecule has 0 saturated carbocycles. The number of aromatic amines is 1. The van der Waals surface area contributed by atoms with Crippen LogP contribution in [0.2, 0.25) is 5.02 Å². The molecule has 0 aliphatic heterocycles. The number of aliphatic imine (C=N–C) groups is 1. The monoisotopic (exact) mass is 483 g/mol. The number of carbonyl (C=O) groups is 1. The molecule has 0 saturated heterocycles. The summed E-state index contributed by atoms with van der Waals surface area (Å²) in [5.74, 6) is -1.70. The summed E-state index contributed by atoms with van der Waals surface area (Å²) in [6.07, 6.45) is 0. The minimum absolute atomic E-state index is 0.00630. The number of nitrogens with zero attached hydrogens (tertiary/aromatic N) is 2. The molecule has 6 nitrogen and oxygen atoms in total. The fourth-order valence-electron chi connectivity index (χ4n) is 3.02. The lowest BCUT2D eigenvalue weighted by Crippen LogP contribution is -2.36. The summed E-state index contributed by atoms with van der Waals surface area (Å²) >= 11 is 6.07. The number of H-pyrrole nitrogens is 1. The lowest BCUT2D eigenvalue weighted by Gasteiger charge is -2.10. The first-order chi connectivity index (χ1) is 16.4. The van der Waals surface area contributed by atoms with Gasteiger partial charge in [-0.3, -0.25) is 15.2 Å². The van der Waals surface area contributed by atoms with Crippen LogP contribution in [0.4, 0.5) is 19.0 Å². The van der Waals surface area contributed by atoms with Gasteiger partial charge in [-0.1, -0.05) is 23.7 Å². The van der Waals surface area contributed by atoms with E-state index in [1.165, 1.54) is 42.5 Å². The summed E-state index contributed by atoms with van der Waals surface area (Å²) in [7, 11) is 0. The molecule has 0 aliphatic rings. The number of guanidine groups is 1. The highest BCUT2D eigenvalue weighted by atomic mass is 35.5. The number of nitrogens with one attached hydrogen (secondary N) is 3. The Hall–Kier alpha value is -4.11. The van der Waals surface area contributed by atoms with Crippen molar-refractivity contribution in [2.24, 2.45) is 4.99 Å². The molecule has 0 atom stereocenters. The fourth-order valence-corrected chi connectivity index (χ4v) is 3.25. The van der Waals surface area contributed by atoms with Crippen LogP contribution in [-0.2, 0) is 6.54 Å². The van der Waals surface area contributed by atoms with E-state index in [0.717, 1.165) is 12.1 Å². The van der Waals surface area contributed by atoms with Crippen molar-refractivity contribution in [3.63, 3.8) is 0 Å². The van der Waals surface area contributed by atoms with Crippen molar-refractivity contribution >= 4 is 29.3 Å². The van der Waals surface area contributed by atoms with Gasteiger partial charge in [0.25, 0.3) is 5.91 Å². The number of hydrogen-bond acceptors (Lipinski definition) is 3. The van der Waals surface area contributed by atoms with Crippen molar-refractivity contribution in [1.82, 2.24) is 15.5 Å². The Labute approximate surface area is 197 Å². The molecule has 0 fully saturated rings. The van der Waals surface area contributed by atoms with Crippen LogP contribution in [0.5, 0.6) is 0 Å². The van der Waals surface area contributed by atoms with E-state index in [9.17, 15) is 18.0 Å². The van der Waals surface area contributed by atoms with Gasteiger partial charge in [-0.25, -0.2) is 18.2 Å². The van der Waals surface area contributed by atoms with Crippen LogP contribution < -0.4 is 10.6 Å². The minimum Gasteiger partial charge on any atom is -0.309 e. The third-order valence-electron chi connectivity index (χ3n) is 4.72. The number of benzene rings is 3. The molecule has 0 aliphatic carbocycles. The summed E-state index contributed by atoms with van der Waals surface area (Å²) in [4.78, 5) is 17.0. The molecule has 3 aromatic carbocycles. The third kappa shape index (κ3) is 5.81. The second-order valence-corrected chi connectivity index (χ2v) is 7.57. The maximum Gasteiger partial charge on any atom is 0.258 e. The highest BCUT2D eigenvalue weighted by Gasteiger charge is 2.13. The van der Waals surface area contributed by atoms with Crippen LogP contribution in [-0.4, -0.2) is 22.1 Å². The van der Waals surface area contributed by atoms with E-state index >= 15 is 0 Å². The standard InChI is InChI=1S/C24H17ClF3N5O/c25-20-11-19(28)9-6-16(20)13-29-24(31-23(34)15-2-1-3-18(27)10-15)30-22-12-21(32-33-22)14-4-7-17(26)8-5-14/h1-12H,13H2,(H3,29,30,31,32,33,34). The van der Waals surface area contributed by atoms with Crippen molar-refractivity contribution < 1.29 is 18.0 Å². The molecular formula is C24H17ClF3N5O. The zero-order chi connectivity index (χ0) is 24.1. The van der Waals surface area contributed by atoms with E-state index in [1.807, 2.05) is 0 Å². The molecule has 1 heterocycles. The maximum atomic E-state index is 13.5. The average Bonchev–Trinajstić information content (AvgIpc) is 3.27. The molecule has 4 rings (SSSR count). The van der Waals surface area contributed by atoms with Gasteiger partial charge in [0, 0.05) is 16.7 Å². The molecule has 0 radical (unpaired) electrons. The molecule has 172 valence electrons. The summed E-state index contributed by atoms with van der Waals surface area (Å²) < 4.78 is 40.1. The van der Waals surface area contributed by atoms with Crippen molar-refractivity contribution in [2.75, 3.05) is 5.32 Å². The van der Waals surface area contributed by atoms with E-state index in [2.05, 4.69) is 25.8 Å². The van der Waals surface area contributed by atoms with Gasteiger partial charge in [0.1, 0.15) is 17.5 Å². The SMILES string of the molecule is O=C(NC(=NCc1ccc(F)cc1Cl)Nc1cc(-c2ccc(F)cc2)[nH]n1)c1cccc(F)c1. The number of anilines is 1. The van der Waals surface area contributed by atoms with Gasteiger partial charge in [-0.2, -0.15) is 5.10 Å². The first-order valence-corrected chi connectivity index (χ1v) is 10.4. The molecular weight excluding hydrogens is 467 g/mol. The first-order valence-electron chi connectivity index (χ1n) is 10.0. The Morgan fingerprint density at radius 2 is 1.68 bits per heavy atom. The smallest absolute Gasteiger partial charge is 0.258 e.